The van der Waals surface area contributed by atoms with Gasteiger partial charge in [-0.25, -0.2) is 9.50 Å². The van der Waals surface area contributed by atoms with Gasteiger partial charge in [0.25, 0.3) is 5.91 Å². The summed E-state index contributed by atoms with van der Waals surface area (Å²) in [5.74, 6) is 0.268. The van der Waals surface area contributed by atoms with Gasteiger partial charge in [-0.1, -0.05) is 13.3 Å². The molecule has 0 saturated carbocycles. The normalized spacial score (nSPS) is 23.4. The zero-order chi connectivity index (χ0) is 18.9. The molecule has 0 aromatic carbocycles. The van der Waals surface area contributed by atoms with Gasteiger partial charge in [0.2, 0.25) is 5.91 Å². The van der Waals surface area contributed by atoms with Crippen LogP contribution in [0.4, 0.5) is 0 Å². The topological polar surface area (TPSA) is 70.8 Å². The number of unbranched alkanes of at least 4 members (excludes halogenated alkanes) is 1. The molecule has 2 aromatic heterocycles. The maximum absolute atomic E-state index is 13.2. The lowest BCUT2D eigenvalue weighted by Crippen LogP contribution is -2.55. The smallest absolute Gasteiger partial charge is 0.259 e. The highest BCUT2D eigenvalue weighted by Gasteiger charge is 2.42. The maximum atomic E-state index is 13.2. The standard InChI is InChI=1S/C20H27N5O2/c1-2-3-10-23-14-20(8-6-17(23)26)7-4-11-24(15-20)19(27)16-13-22-25-12-5-9-21-18(16)25/h5,9,12-13H,2-4,6-8,10-11,14-15H2,1H3/t20-/m0/s1. The largest absolute Gasteiger partial charge is 0.342 e. The Morgan fingerprint density at radius 1 is 1.30 bits per heavy atom. The molecule has 7 nitrogen and oxygen atoms in total. The fourth-order valence-electron chi connectivity index (χ4n) is 4.52. The number of piperidine rings is 2. The van der Waals surface area contributed by atoms with Gasteiger partial charge in [0.15, 0.2) is 5.65 Å². The molecule has 2 aliphatic rings. The number of rotatable bonds is 4. The molecule has 1 spiro atoms. The molecule has 4 rings (SSSR count). The Kier molecular flexibility index (Phi) is 4.85. The van der Waals surface area contributed by atoms with Crippen LogP contribution in [0.15, 0.2) is 24.7 Å². The van der Waals surface area contributed by atoms with Crippen LogP contribution in [0.25, 0.3) is 5.65 Å². The lowest BCUT2D eigenvalue weighted by molar-refractivity contribution is -0.139. The molecule has 4 heterocycles. The van der Waals surface area contributed by atoms with Crippen molar-refractivity contribution in [3.8, 4) is 0 Å². The van der Waals surface area contributed by atoms with E-state index in [1.807, 2.05) is 9.80 Å². The van der Waals surface area contributed by atoms with E-state index in [-0.39, 0.29) is 17.2 Å². The molecule has 2 fully saturated rings. The van der Waals surface area contributed by atoms with E-state index in [1.54, 1.807) is 29.2 Å². The Morgan fingerprint density at radius 2 is 2.19 bits per heavy atom. The highest BCUT2D eigenvalue weighted by Crippen LogP contribution is 2.39. The van der Waals surface area contributed by atoms with Crippen molar-refractivity contribution in [2.24, 2.45) is 5.41 Å². The summed E-state index contributed by atoms with van der Waals surface area (Å²) >= 11 is 0. The van der Waals surface area contributed by atoms with E-state index in [2.05, 4.69) is 17.0 Å². The number of carbonyl (C=O) groups excluding carboxylic acids is 2. The van der Waals surface area contributed by atoms with Crippen molar-refractivity contribution < 1.29 is 9.59 Å². The van der Waals surface area contributed by atoms with Crippen LogP contribution < -0.4 is 0 Å². The van der Waals surface area contributed by atoms with Gasteiger partial charge < -0.3 is 9.80 Å². The number of nitrogens with zero attached hydrogens (tertiary/aromatic N) is 5. The summed E-state index contributed by atoms with van der Waals surface area (Å²) in [5, 5.41) is 4.25. The summed E-state index contributed by atoms with van der Waals surface area (Å²) in [4.78, 5) is 33.8. The van der Waals surface area contributed by atoms with E-state index < -0.39 is 0 Å². The van der Waals surface area contributed by atoms with E-state index in [9.17, 15) is 9.59 Å². The molecular weight excluding hydrogens is 342 g/mol. The first-order valence-electron chi connectivity index (χ1n) is 9.97. The number of likely N-dealkylation sites (tertiary alicyclic amines) is 2. The second kappa shape index (κ2) is 7.29. The Morgan fingerprint density at radius 3 is 3.04 bits per heavy atom. The third kappa shape index (κ3) is 3.42. The molecule has 0 bridgehead atoms. The summed E-state index contributed by atoms with van der Waals surface area (Å²) in [6.45, 7) is 5.24. The fourth-order valence-corrected chi connectivity index (χ4v) is 4.52. The average Bonchev–Trinajstić information content (AvgIpc) is 3.12. The average molecular weight is 369 g/mol. The number of hydrogen-bond acceptors (Lipinski definition) is 4. The van der Waals surface area contributed by atoms with Crippen molar-refractivity contribution in [2.75, 3.05) is 26.2 Å². The molecule has 2 aromatic rings. The van der Waals surface area contributed by atoms with Gasteiger partial charge in [-0.2, -0.15) is 5.10 Å². The first-order valence-corrected chi connectivity index (χ1v) is 9.97. The lowest BCUT2D eigenvalue weighted by Gasteiger charge is -2.48. The molecule has 144 valence electrons. The zero-order valence-electron chi connectivity index (χ0n) is 15.9. The Balaban J connectivity index is 1.52. The second-order valence-corrected chi connectivity index (χ2v) is 7.95. The van der Waals surface area contributed by atoms with Crippen LogP contribution >= 0.6 is 0 Å². The number of hydrogen-bond donors (Lipinski definition) is 0. The number of aromatic nitrogens is 3. The Bertz CT molecular complexity index is 848. The van der Waals surface area contributed by atoms with Crippen molar-refractivity contribution in [2.45, 2.75) is 45.4 Å². The van der Waals surface area contributed by atoms with Crippen LogP contribution in [0.1, 0.15) is 55.8 Å². The van der Waals surface area contributed by atoms with Gasteiger partial charge >= 0.3 is 0 Å². The van der Waals surface area contributed by atoms with Gasteiger partial charge in [-0.15, -0.1) is 0 Å². The molecular formula is C20H27N5O2. The molecule has 27 heavy (non-hydrogen) atoms. The fraction of sp³-hybridized carbons (Fsp3) is 0.600. The second-order valence-electron chi connectivity index (χ2n) is 7.95. The zero-order valence-corrected chi connectivity index (χ0v) is 15.9. The van der Waals surface area contributed by atoms with Gasteiger partial charge in [-0.3, -0.25) is 9.59 Å². The van der Waals surface area contributed by atoms with Crippen LogP contribution in [0.2, 0.25) is 0 Å². The van der Waals surface area contributed by atoms with Crippen LogP contribution in [0, 0.1) is 5.41 Å². The minimum Gasteiger partial charge on any atom is -0.342 e. The van der Waals surface area contributed by atoms with E-state index in [0.717, 1.165) is 51.7 Å². The number of fused-ring (bicyclic) bond motifs is 1. The summed E-state index contributed by atoms with van der Waals surface area (Å²) in [7, 11) is 0. The lowest BCUT2D eigenvalue weighted by atomic mass is 9.73. The van der Waals surface area contributed by atoms with E-state index in [4.69, 9.17) is 0 Å². The minimum atomic E-state index is -0.000201. The molecule has 1 atom stereocenters. The predicted octanol–water partition coefficient (Wildman–Crippen LogP) is 2.37. The van der Waals surface area contributed by atoms with Crippen molar-refractivity contribution >= 4 is 17.5 Å². The predicted molar refractivity (Wildman–Crippen MR) is 101 cm³/mol. The SMILES string of the molecule is CCCCN1C[C@]2(CCCN(C(=O)c3cnn4cccnc34)C2)CCC1=O. The van der Waals surface area contributed by atoms with Gasteiger partial charge in [0.05, 0.1) is 6.20 Å². The van der Waals surface area contributed by atoms with Gasteiger partial charge in [0, 0.05) is 50.4 Å². The third-order valence-electron chi connectivity index (χ3n) is 5.99. The van der Waals surface area contributed by atoms with Crippen molar-refractivity contribution in [1.82, 2.24) is 24.4 Å². The molecule has 2 amide bonds. The van der Waals surface area contributed by atoms with Gasteiger partial charge in [0.1, 0.15) is 5.56 Å². The number of amides is 2. The molecule has 2 saturated heterocycles. The van der Waals surface area contributed by atoms with Crippen LogP contribution in [0.5, 0.6) is 0 Å². The summed E-state index contributed by atoms with van der Waals surface area (Å²) < 4.78 is 1.64. The quantitative estimate of drug-likeness (QED) is 0.830. The molecule has 0 aliphatic carbocycles. The maximum Gasteiger partial charge on any atom is 0.259 e. The molecule has 2 aliphatic heterocycles. The highest BCUT2D eigenvalue weighted by atomic mass is 16.2. The van der Waals surface area contributed by atoms with Crippen LogP contribution in [0.3, 0.4) is 0 Å². The first kappa shape index (κ1) is 17.9. The summed E-state index contributed by atoms with van der Waals surface area (Å²) in [5.41, 5.74) is 1.19. The number of carbonyl (C=O) groups is 2. The minimum absolute atomic E-state index is 0.000201. The molecule has 7 heteroatoms. The van der Waals surface area contributed by atoms with E-state index >= 15 is 0 Å². The van der Waals surface area contributed by atoms with Crippen molar-refractivity contribution in [1.29, 1.82) is 0 Å². The third-order valence-corrected chi connectivity index (χ3v) is 5.99. The van der Waals surface area contributed by atoms with Crippen molar-refractivity contribution in [3.05, 3.63) is 30.2 Å². The summed E-state index contributed by atoms with van der Waals surface area (Å²) in [6, 6.07) is 1.80. The van der Waals surface area contributed by atoms with Crippen molar-refractivity contribution in [3.63, 3.8) is 0 Å². The Labute approximate surface area is 159 Å². The molecule has 0 unspecified atom stereocenters. The summed E-state index contributed by atoms with van der Waals surface area (Å²) in [6.07, 6.45) is 10.8. The Hall–Kier alpha value is -2.44. The molecule has 0 N–H and O–H groups in total. The first-order chi connectivity index (χ1) is 13.1. The van der Waals surface area contributed by atoms with Crippen LogP contribution in [-0.2, 0) is 4.79 Å². The highest BCUT2D eigenvalue weighted by molar-refractivity contribution is 5.99. The van der Waals surface area contributed by atoms with E-state index in [0.29, 0.717) is 24.2 Å². The van der Waals surface area contributed by atoms with Gasteiger partial charge in [-0.05, 0) is 31.7 Å². The monoisotopic (exact) mass is 369 g/mol. The van der Waals surface area contributed by atoms with E-state index in [1.165, 1.54) is 0 Å². The van der Waals surface area contributed by atoms with Crippen LogP contribution in [-0.4, -0.2) is 62.4 Å². The molecule has 0 radical (unpaired) electrons.